The Labute approximate surface area is 140 Å². The van der Waals surface area contributed by atoms with Crippen molar-refractivity contribution in [2.24, 2.45) is 5.73 Å². The number of piperidine rings is 1. The minimum atomic E-state index is -0.312. The number of unbranched alkanes of at least 4 members (excludes halogenated alkanes) is 2. The largest absolute Gasteiger partial charge is 0.366 e. The van der Waals surface area contributed by atoms with Crippen LogP contribution in [0.15, 0.2) is 24.3 Å². The summed E-state index contributed by atoms with van der Waals surface area (Å²) in [5, 5.41) is 0. The second-order valence-electron chi connectivity index (χ2n) is 7.47. The zero-order valence-electron chi connectivity index (χ0n) is 14.4. The van der Waals surface area contributed by atoms with Crippen LogP contribution >= 0.6 is 0 Å². The van der Waals surface area contributed by atoms with E-state index in [0.717, 1.165) is 6.04 Å². The van der Waals surface area contributed by atoms with Crippen molar-refractivity contribution in [3.8, 4) is 0 Å². The molecule has 1 aromatic carbocycles. The lowest BCUT2D eigenvalue weighted by atomic mass is 9.63. The number of fused-ring (bicyclic) bond motifs is 2. The molecule has 1 aliphatic heterocycles. The van der Waals surface area contributed by atoms with E-state index in [4.69, 9.17) is 5.73 Å². The molecule has 0 spiro atoms. The molecule has 1 amide bonds. The summed E-state index contributed by atoms with van der Waals surface area (Å²) in [4.78, 5) is 14.2. The highest BCUT2D eigenvalue weighted by molar-refractivity contribution is 5.92. The average molecular weight is 314 g/mol. The van der Waals surface area contributed by atoms with Crippen molar-refractivity contribution in [1.82, 2.24) is 4.90 Å². The van der Waals surface area contributed by atoms with Crippen LogP contribution in [-0.2, 0) is 5.41 Å². The van der Waals surface area contributed by atoms with E-state index in [1.54, 1.807) is 0 Å². The summed E-state index contributed by atoms with van der Waals surface area (Å²) in [5.41, 5.74) is 7.75. The number of benzene rings is 1. The number of hydrogen-bond donors (Lipinski definition) is 1. The lowest BCUT2D eigenvalue weighted by Crippen LogP contribution is -2.51. The van der Waals surface area contributed by atoms with Crippen LogP contribution in [0.25, 0.3) is 0 Å². The minimum absolute atomic E-state index is 0.273. The summed E-state index contributed by atoms with van der Waals surface area (Å²) in [5.74, 6) is -0.312. The standard InChI is InChI=1S/C20H30N2O/c1-2-3-4-12-22-13-11-20(10-6-9-18(22)15-20)17-8-5-7-16(14-17)19(21)23/h5,7-8,14,18H,2-4,6,9-13,15H2,1H3,(H2,21,23). The molecule has 126 valence electrons. The van der Waals surface area contributed by atoms with E-state index in [2.05, 4.69) is 24.0 Å². The fraction of sp³-hybridized carbons (Fsp3) is 0.650. The maximum atomic E-state index is 11.5. The quantitative estimate of drug-likeness (QED) is 0.810. The number of nitrogens with zero attached hydrogens (tertiary/aromatic N) is 1. The van der Waals surface area contributed by atoms with E-state index in [1.807, 2.05) is 12.1 Å². The molecule has 2 atom stereocenters. The Balaban J connectivity index is 1.76. The van der Waals surface area contributed by atoms with Crippen molar-refractivity contribution in [2.45, 2.75) is 69.7 Å². The molecular weight excluding hydrogens is 284 g/mol. The summed E-state index contributed by atoms with van der Waals surface area (Å²) >= 11 is 0. The van der Waals surface area contributed by atoms with Gasteiger partial charge in [0.25, 0.3) is 0 Å². The minimum Gasteiger partial charge on any atom is -0.366 e. The Kier molecular flexibility index (Phi) is 5.05. The van der Waals surface area contributed by atoms with Crippen LogP contribution in [0, 0.1) is 0 Å². The Morgan fingerprint density at radius 3 is 3.00 bits per heavy atom. The van der Waals surface area contributed by atoms with Crippen molar-refractivity contribution >= 4 is 5.91 Å². The number of amides is 1. The van der Waals surface area contributed by atoms with Gasteiger partial charge in [-0.1, -0.05) is 38.3 Å². The van der Waals surface area contributed by atoms with Gasteiger partial charge in [0.2, 0.25) is 5.91 Å². The van der Waals surface area contributed by atoms with Crippen molar-refractivity contribution in [2.75, 3.05) is 13.1 Å². The van der Waals surface area contributed by atoms with Crippen molar-refractivity contribution < 1.29 is 4.79 Å². The third-order valence-corrected chi connectivity index (χ3v) is 6.02. The Bertz CT molecular complexity index is 556. The number of rotatable bonds is 6. The topological polar surface area (TPSA) is 46.3 Å². The monoisotopic (exact) mass is 314 g/mol. The fourth-order valence-electron chi connectivity index (χ4n) is 4.68. The number of carbonyl (C=O) groups is 1. The maximum Gasteiger partial charge on any atom is 0.248 e. The number of carbonyl (C=O) groups excluding carboxylic acids is 1. The summed E-state index contributed by atoms with van der Waals surface area (Å²) in [7, 11) is 0. The first kappa shape index (κ1) is 16.5. The van der Waals surface area contributed by atoms with Crippen LogP contribution in [0.5, 0.6) is 0 Å². The summed E-state index contributed by atoms with van der Waals surface area (Å²) in [6.45, 7) is 4.73. The molecule has 1 saturated carbocycles. The predicted octanol–water partition coefficient (Wildman–Crippen LogP) is 3.86. The Morgan fingerprint density at radius 2 is 2.22 bits per heavy atom. The Hall–Kier alpha value is -1.35. The van der Waals surface area contributed by atoms with E-state index in [0.29, 0.717) is 5.56 Å². The molecule has 1 aliphatic carbocycles. The van der Waals surface area contributed by atoms with Crippen molar-refractivity contribution in [1.29, 1.82) is 0 Å². The van der Waals surface area contributed by atoms with E-state index in [1.165, 1.54) is 70.0 Å². The molecule has 1 heterocycles. The summed E-state index contributed by atoms with van der Waals surface area (Å²) in [6.07, 6.45) is 10.3. The first-order chi connectivity index (χ1) is 11.1. The van der Waals surface area contributed by atoms with Gasteiger partial charge in [0.05, 0.1) is 0 Å². The zero-order valence-corrected chi connectivity index (χ0v) is 14.4. The predicted molar refractivity (Wildman–Crippen MR) is 94.6 cm³/mol. The van der Waals surface area contributed by atoms with Gasteiger partial charge < -0.3 is 10.6 Å². The lowest BCUT2D eigenvalue weighted by molar-refractivity contribution is 0.0504. The fourth-order valence-corrected chi connectivity index (χ4v) is 4.68. The molecule has 3 heteroatoms. The highest BCUT2D eigenvalue weighted by Crippen LogP contribution is 2.47. The van der Waals surface area contributed by atoms with E-state index >= 15 is 0 Å². The summed E-state index contributed by atoms with van der Waals surface area (Å²) < 4.78 is 0. The maximum absolute atomic E-state index is 11.5. The van der Waals surface area contributed by atoms with Crippen LogP contribution in [0.4, 0.5) is 0 Å². The van der Waals surface area contributed by atoms with Gasteiger partial charge in [-0.25, -0.2) is 0 Å². The second-order valence-corrected chi connectivity index (χ2v) is 7.47. The van der Waals surface area contributed by atoms with E-state index in [9.17, 15) is 4.79 Å². The van der Waals surface area contributed by atoms with E-state index in [-0.39, 0.29) is 11.3 Å². The van der Waals surface area contributed by atoms with Gasteiger partial charge in [-0.2, -0.15) is 0 Å². The van der Waals surface area contributed by atoms with Gasteiger partial charge in [-0.3, -0.25) is 4.79 Å². The van der Waals surface area contributed by atoms with Gasteiger partial charge >= 0.3 is 0 Å². The smallest absolute Gasteiger partial charge is 0.248 e. The molecule has 3 nitrogen and oxygen atoms in total. The van der Waals surface area contributed by atoms with Crippen LogP contribution in [0.3, 0.4) is 0 Å². The molecule has 2 fully saturated rings. The average Bonchev–Trinajstić information content (AvgIpc) is 2.57. The molecule has 2 bridgehead atoms. The molecule has 0 radical (unpaired) electrons. The molecule has 2 N–H and O–H groups in total. The Morgan fingerprint density at radius 1 is 1.35 bits per heavy atom. The number of hydrogen-bond acceptors (Lipinski definition) is 2. The molecule has 2 aliphatic rings. The van der Waals surface area contributed by atoms with Crippen LogP contribution in [0.1, 0.15) is 74.2 Å². The van der Waals surface area contributed by atoms with Gasteiger partial charge in [0.15, 0.2) is 0 Å². The molecule has 1 aromatic rings. The molecular formula is C20H30N2O. The molecule has 2 unspecified atom stereocenters. The third-order valence-electron chi connectivity index (χ3n) is 6.02. The first-order valence-corrected chi connectivity index (χ1v) is 9.29. The van der Waals surface area contributed by atoms with Gasteiger partial charge in [0.1, 0.15) is 0 Å². The molecule has 0 aromatic heterocycles. The molecule has 1 saturated heterocycles. The zero-order chi connectivity index (χ0) is 16.3. The number of nitrogens with two attached hydrogens (primary N) is 1. The second kappa shape index (κ2) is 7.04. The number of likely N-dealkylation sites (tertiary alicyclic amines) is 1. The summed E-state index contributed by atoms with van der Waals surface area (Å²) in [6, 6.07) is 8.83. The molecule has 3 rings (SSSR count). The van der Waals surface area contributed by atoms with E-state index < -0.39 is 0 Å². The highest BCUT2D eigenvalue weighted by atomic mass is 16.1. The van der Waals surface area contributed by atoms with Crippen LogP contribution < -0.4 is 5.73 Å². The lowest BCUT2D eigenvalue weighted by Gasteiger charge is -2.51. The normalized spacial score (nSPS) is 27.8. The van der Waals surface area contributed by atoms with Gasteiger partial charge in [-0.05, 0) is 68.3 Å². The van der Waals surface area contributed by atoms with Crippen molar-refractivity contribution in [3.63, 3.8) is 0 Å². The van der Waals surface area contributed by atoms with Gasteiger partial charge in [0, 0.05) is 11.6 Å². The molecule has 23 heavy (non-hydrogen) atoms. The van der Waals surface area contributed by atoms with Crippen LogP contribution in [0.2, 0.25) is 0 Å². The third kappa shape index (κ3) is 3.45. The van der Waals surface area contributed by atoms with Crippen LogP contribution in [-0.4, -0.2) is 29.9 Å². The number of primary amides is 1. The SMILES string of the molecule is CCCCCN1CCC2(c3cccc(C(N)=O)c3)CCCC1C2. The first-order valence-electron chi connectivity index (χ1n) is 9.29. The van der Waals surface area contributed by atoms with Gasteiger partial charge in [-0.15, -0.1) is 0 Å². The van der Waals surface area contributed by atoms with Crippen molar-refractivity contribution in [3.05, 3.63) is 35.4 Å². The highest BCUT2D eigenvalue weighted by Gasteiger charge is 2.43.